The third-order valence-electron chi connectivity index (χ3n) is 4.38. The molecule has 0 spiro atoms. The molecule has 0 fully saturated rings. The molecule has 0 saturated carbocycles. The van der Waals surface area contributed by atoms with E-state index in [4.69, 9.17) is 0 Å². The lowest BCUT2D eigenvalue weighted by Gasteiger charge is -2.11. The van der Waals surface area contributed by atoms with Gasteiger partial charge in [0.1, 0.15) is 12.2 Å². The van der Waals surface area contributed by atoms with Crippen LogP contribution < -0.4 is 5.32 Å². The standard InChI is InChI=1S/C20H19N7O/c28-20(17-8-4-5-9-18(17)27-15-23-24-25-27)22-11-10-19-21-12-13-26(19)14-16-6-2-1-3-7-16/h1-9,12-13,15H,10-11,14H2,(H,22,28). The van der Waals surface area contributed by atoms with Crippen LogP contribution in [-0.4, -0.2) is 42.2 Å². The van der Waals surface area contributed by atoms with Gasteiger partial charge in [-0.05, 0) is 28.1 Å². The SMILES string of the molecule is O=C(NCCc1nccn1Cc1ccccc1)c1ccccc1-n1cnnn1. The largest absolute Gasteiger partial charge is 0.352 e. The Labute approximate surface area is 161 Å². The summed E-state index contributed by atoms with van der Waals surface area (Å²) in [5, 5.41) is 14.1. The Morgan fingerprint density at radius 3 is 2.68 bits per heavy atom. The smallest absolute Gasteiger partial charge is 0.253 e. The van der Waals surface area contributed by atoms with Gasteiger partial charge in [0, 0.05) is 31.9 Å². The molecule has 140 valence electrons. The monoisotopic (exact) mass is 373 g/mol. The molecule has 1 amide bonds. The number of imidazole rings is 1. The molecule has 0 bridgehead atoms. The number of hydrogen-bond acceptors (Lipinski definition) is 5. The van der Waals surface area contributed by atoms with E-state index in [-0.39, 0.29) is 5.91 Å². The second-order valence-corrected chi connectivity index (χ2v) is 6.23. The van der Waals surface area contributed by atoms with Crippen molar-refractivity contribution in [1.82, 2.24) is 35.1 Å². The van der Waals surface area contributed by atoms with Gasteiger partial charge in [-0.2, -0.15) is 4.68 Å². The zero-order valence-electron chi connectivity index (χ0n) is 15.1. The van der Waals surface area contributed by atoms with Crippen molar-refractivity contribution in [2.75, 3.05) is 6.54 Å². The van der Waals surface area contributed by atoms with Gasteiger partial charge in [0.05, 0.1) is 11.3 Å². The molecule has 0 saturated heterocycles. The van der Waals surface area contributed by atoms with Crippen molar-refractivity contribution in [3.05, 3.63) is 90.3 Å². The molecule has 8 heteroatoms. The lowest BCUT2D eigenvalue weighted by Crippen LogP contribution is -2.27. The van der Waals surface area contributed by atoms with Gasteiger partial charge >= 0.3 is 0 Å². The highest BCUT2D eigenvalue weighted by Crippen LogP contribution is 2.12. The van der Waals surface area contributed by atoms with Gasteiger partial charge < -0.3 is 9.88 Å². The first-order valence-corrected chi connectivity index (χ1v) is 8.96. The van der Waals surface area contributed by atoms with Crippen LogP contribution in [0, 0.1) is 0 Å². The molecule has 0 unspecified atom stereocenters. The molecule has 2 aromatic carbocycles. The van der Waals surface area contributed by atoms with E-state index in [1.54, 1.807) is 18.3 Å². The van der Waals surface area contributed by atoms with Gasteiger partial charge in [0.2, 0.25) is 0 Å². The number of amides is 1. The summed E-state index contributed by atoms with van der Waals surface area (Å²) in [6.45, 7) is 1.24. The Bertz CT molecular complexity index is 1040. The first-order valence-electron chi connectivity index (χ1n) is 8.96. The second kappa shape index (κ2) is 8.26. The minimum absolute atomic E-state index is 0.174. The molecule has 0 atom stereocenters. The van der Waals surface area contributed by atoms with Crippen molar-refractivity contribution >= 4 is 5.91 Å². The number of tetrazole rings is 1. The summed E-state index contributed by atoms with van der Waals surface area (Å²) >= 11 is 0. The van der Waals surface area contributed by atoms with Gasteiger partial charge in [-0.25, -0.2) is 4.98 Å². The van der Waals surface area contributed by atoms with Crippen LogP contribution in [0.4, 0.5) is 0 Å². The molecule has 2 aromatic heterocycles. The molecular formula is C20H19N7O. The third kappa shape index (κ3) is 3.96. The van der Waals surface area contributed by atoms with Crippen molar-refractivity contribution in [2.24, 2.45) is 0 Å². The predicted molar refractivity (Wildman–Crippen MR) is 103 cm³/mol. The number of carbonyl (C=O) groups is 1. The number of nitrogens with zero attached hydrogens (tertiary/aromatic N) is 6. The van der Waals surface area contributed by atoms with Gasteiger partial charge in [-0.15, -0.1) is 5.10 Å². The zero-order chi connectivity index (χ0) is 19.2. The van der Waals surface area contributed by atoms with Crippen LogP contribution >= 0.6 is 0 Å². The Morgan fingerprint density at radius 2 is 1.86 bits per heavy atom. The van der Waals surface area contributed by atoms with E-state index >= 15 is 0 Å². The first-order chi connectivity index (χ1) is 13.8. The molecule has 8 nitrogen and oxygen atoms in total. The highest BCUT2D eigenvalue weighted by Gasteiger charge is 2.13. The van der Waals surface area contributed by atoms with Crippen molar-refractivity contribution in [3.63, 3.8) is 0 Å². The summed E-state index contributed by atoms with van der Waals surface area (Å²) in [4.78, 5) is 17.1. The van der Waals surface area contributed by atoms with Crippen LogP contribution in [0.5, 0.6) is 0 Å². The van der Waals surface area contributed by atoms with E-state index in [1.165, 1.54) is 16.6 Å². The summed E-state index contributed by atoms with van der Waals surface area (Å²) in [5.74, 6) is 0.755. The van der Waals surface area contributed by atoms with Gasteiger partial charge in [-0.1, -0.05) is 42.5 Å². The summed E-state index contributed by atoms with van der Waals surface area (Å²) in [7, 11) is 0. The topological polar surface area (TPSA) is 90.5 Å². The fraction of sp³-hybridized carbons (Fsp3) is 0.150. The van der Waals surface area contributed by atoms with Crippen LogP contribution in [0.1, 0.15) is 21.7 Å². The molecule has 0 aliphatic carbocycles. The van der Waals surface area contributed by atoms with E-state index in [0.29, 0.717) is 24.2 Å². The van der Waals surface area contributed by atoms with Gasteiger partial charge in [0.15, 0.2) is 0 Å². The first kappa shape index (κ1) is 17.6. The Balaban J connectivity index is 1.39. The van der Waals surface area contributed by atoms with E-state index in [9.17, 15) is 4.79 Å². The Kier molecular flexibility index (Phi) is 5.19. The van der Waals surface area contributed by atoms with Crippen LogP contribution in [0.3, 0.4) is 0 Å². The number of benzene rings is 2. The normalized spacial score (nSPS) is 10.7. The summed E-state index contributed by atoms with van der Waals surface area (Å²) in [5.41, 5.74) is 2.36. The van der Waals surface area contributed by atoms with E-state index < -0.39 is 0 Å². The van der Waals surface area contributed by atoms with Crippen LogP contribution in [0.15, 0.2) is 73.3 Å². The van der Waals surface area contributed by atoms with Crippen molar-refractivity contribution < 1.29 is 4.79 Å². The van der Waals surface area contributed by atoms with E-state index in [0.717, 1.165) is 12.4 Å². The maximum atomic E-state index is 12.6. The zero-order valence-corrected chi connectivity index (χ0v) is 15.1. The van der Waals surface area contributed by atoms with Crippen molar-refractivity contribution in [2.45, 2.75) is 13.0 Å². The number of hydrogen-bond donors (Lipinski definition) is 1. The lowest BCUT2D eigenvalue weighted by atomic mass is 10.1. The molecule has 0 radical (unpaired) electrons. The van der Waals surface area contributed by atoms with E-state index in [2.05, 4.69) is 42.5 Å². The molecule has 1 N–H and O–H groups in total. The maximum absolute atomic E-state index is 12.6. The minimum Gasteiger partial charge on any atom is -0.352 e. The highest BCUT2D eigenvalue weighted by atomic mass is 16.1. The van der Waals surface area contributed by atoms with E-state index in [1.807, 2.05) is 36.5 Å². The number of rotatable bonds is 7. The summed E-state index contributed by atoms with van der Waals surface area (Å²) in [6.07, 6.45) is 5.84. The summed E-state index contributed by atoms with van der Waals surface area (Å²) in [6, 6.07) is 17.4. The quantitative estimate of drug-likeness (QED) is 0.534. The number of para-hydroxylation sites is 1. The molecule has 0 aliphatic heterocycles. The average molecular weight is 373 g/mol. The fourth-order valence-electron chi connectivity index (χ4n) is 3.01. The van der Waals surface area contributed by atoms with Gasteiger partial charge in [-0.3, -0.25) is 4.79 Å². The number of aromatic nitrogens is 6. The summed E-state index contributed by atoms with van der Waals surface area (Å²) < 4.78 is 3.57. The molecule has 4 aromatic rings. The Hall–Kier alpha value is -3.81. The third-order valence-corrected chi connectivity index (χ3v) is 4.38. The van der Waals surface area contributed by atoms with Gasteiger partial charge in [0.25, 0.3) is 5.91 Å². The van der Waals surface area contributed by atoms with Crippen LogP contribution in [-0.2, 0) is 13.0 Å². The second-order valence-electron chi connectivity index (χ2n) is 6.23. The van der Waals surface area contributed by atoms with Crippen LogP contribution in [0.2, 0.25) is 0 Å². The molecule has 0 aliphatic rings. The van der Waals surface area contributed by atoms with Crippen molar-refractivity contribution in [1.29, 1.82) is 0 Å². The van der Waals surface area contributed by atoms with Crippen LogP contribution in [0.25, 0.3) is 5.69 Å². The highest BCUT2D eigenvalue weighted by molar-refractivity contribution is 5.97. The maximum Gasteiger partial charge on any atom is 0.253 e. The molecule has 4 rings (SSSR count). The average Bonchev–Trinajstić information content (AvgIpc) is 3.41. The molecule has 2 heterocycles. The predicted octanol–water partition coefficient (Wildman–Crippen LogP) is 1.88. The molecule has 28 heavy (non-hydrogen) atoms. The van der Waals surface area contributed by atoms with Crippen molar-refractivity contribution in [3.8, 4) is 5.69 Å². The number of nitrogens with one attached hydrogen (secondary N) is 1. The molecular weight excluding hydrogens is 354 g/mol. The fourth-order valence-corrected chi connectivity index (χ4v) is 3.01. The minimum atomic E-state index is -0.174. The lowest BCUT2D eigenvalue weighted by molar-refractivity contribution is 0.0953. The Morgan fingerprint density at radius 1 is 1.04 bits per heavy atom. The number of carbonyl (C=O) groups excluding carboxylic acids is 1.